The van der Waals surface area contributed by atoms with E-state index in [-0.39, 0.29) is 0 Å². The van der Waals surface area contributed by atoms with Gasteiger partial charge in [0.25, 0.3) is 0 Å². The van der Waals surface area contributed by atoms with Gasteiger partial charge in [0.1, 0.15) is 0 Å². The van der Waals surface area contributed by atoms with E-state index in [2.05, 4.69) is 22.9 Å². The van der Waals surface area contributed by atoms with Gasteiger partial charge in [-0.05, 0) is 24.9 Å². The second-order valence-electron chi connectivity index (χ2n) is 3.92. The number of benzene rings is 1. The van der Waals surface area contributed by atoms with Gasteiger partial charge in [-0.1, -0.05) is 30.3 Å². The number of hydrogen-bond acceptors (Lipinski definition) is 3. The number of nitrogens with one attached hydrogen (secondary N) is 2. The molecule has 2 rings (SSSR count). The summed E-state index contributed by atoms with van der Waals surface area (Å²) >= 11 is 0. The highest BCUT2D eigenvalue weighted by atomic mass is 16.6. The van der Waals surface area contributed by atoms with Crippen molar-refractivity contribution in [3.05, 3.63) is 35.9 Å². The van der Waals surface area contributed by atoms with E-state index in [1.165, 1.54) is 18.4 Å². The van der Waals surface area contributed by atoms with Crippen LogP contribution in [0.5, 0.6) is 0 Å². The zero-order valence-electron chi connectivity index (χ0n) is 8.91. The van der Waals surface area contributed by atoms with Gasteiger partial charge in [0.15, 0.2) is 0 Å². The molecule has 2 N–H and O–H groups in total. The van der Waals surface area contributed by atoms with Crippen LogP contribution in [0.3, 0.4) is 0 Å². The Bertz CT molecular complexity index is 270. The molecule has 0 aliphatic carbocycles. The predicted molar refractivity (Wildman–Crippen MR) is 60.3 cm³/mol. The topological polar surface area (TPSA) is 33.3 Å². The molecule has 0 radical (unpaired) electrons. The highest BCUT2D eigenvalue weighted by Gasteiger charge is 2.12. The first-order chi connectivity index (χ1) is 7.45. The van der Waals surface area contributed by atoms with Gasteiger partial charge in [-0.2, -0.15) is 0 Å². The number of rotatable bonds is 5. The van der Waals surface area contributed by atoms with Gasteiger partial charge < -0.3 is 5.32 Å². The smallest absolute Gasteiger partial charge is 0.0933 e. The highest BCUT2D eigenvalue weighted by molar-refractivity contribution is 5.13. The van der Waals surface area contributed by atoms with Gasteiger partial charge in [0, 0.05) is 12.6 Å². The molecule has 3 heteroatoms. The molecule has 1 aromatic carbocycles. The number of hydroxylamine groups is 1. The largest absolute Gasteiger partial charge is 0.313 e. The minimum atomic E-state index is 0.584. The lowest BCUT2D eigenvalue weighted by molar-refractivity contribution is 0.0240. The average Bonchev–Trinajstić information content (AvgIpc) is 2.79. The zero-order chi connectivity index (χ0) is 10.3. The first kappa shape index (κ1) is 10.6. The molecule has 1 aromatic rings. The minimum absolute atomic E-state index is 0.584. The fourth-order valence-corrected chi connectivity index (χ4v) is 1.80. The van der Waals surface area contributed by atoms with Crippen molar-refractivity contribution in [1.82, 2.24) is 10.8 Å². The van der Waals surface area contributed by atoms with Crippen molar-refractivity contribution in [2.24, 2.45) is 0 Å². The summed E-state index contributed by atoms with van der Waals surface area (Å²) in [5.74, 6) is 0. The van der Waals surface area contributed by atoms with Crippen molar-refractivity contribution in [1.29, 1.82) is 0 Å². The quantitative estimate of drug-likeness (QED) is 0.565. The first-order valence-corrected chi connectivity index (χ1v) is 5.57. The summed E-state index contributed by atoms with van der Waals surface area (Å²) in [6.45, 7) is 2.67. The second-order valence-corrected chi connectivity index (χ2v) is 3.92. The fourth-order valence-electron chi connectivity index (χ4n) is 1.80. The molecule has 1 heterocycles. The molecule has 1 saturated heterocycles. The van der Waals surface area contributed by atoms with E-state index in [1.54, 1.807) is 0 Å². The molecular formula is C12H18N2O. The van der Waals surface area contributed by atoms with Crippen LogP contribution in [0, 0.1) is 0 Å². The Morgan fingerprint density at radius 1 is 1.33 bits per heavy atom. The molecule has 82 valence electrons. The normalized spacial score (nSPS) is 20.7. The maximum absolute atomic E-state index is 5.39. The van der Waals surface area contributed by atoms with Crippen molar-refractivity contribution in [2.75, 3.05) is 13.1 Å². The van der Waals surface area contributed by atoms with Crippen LogP contribution in [0.2, 0.25) is 0 Å². The van der Waals surface area contributed by atoms with Crippen molar-refractivity contribution >= 4 is 0 Å². The molecule has 0 saturated carbocycles. The Morgan fingerprint density at radius 3 is 2.93 bits per heavy atom. The lowest BCUT2D eigenvalue weighted by Gasteiger charge is -2.11. The Balaban J connectivity index is 1.59. The van der Waals surface area contributed by atoms with Crippen molar-refractivity contribution in [3.63, 3.8) is 0 Å². The van der Waals surface area contributed by atoms with Crippen LogP contribution in [-0.2, 0) is 11.4 Å². The molecule has 0 aromatic heterocycles. The molecule has 15 heavy (non-hydrogen) atoms. The maximum atomic E-state index is 5.39. The fraction of sp³-hybridized carbons (Fsp3) is 0.500. The summed E-state index contributed by atoms with van der Waals surface area (Å²) in [7, 11) is 0. The summed E-state index contributed by atoms with van der Waals surface area (Å²) in [6, 6.07) is 10.8. The van der Waals surface area contributed by atoms with E-state index >= 15 is 0 Å². The van der Waals surface area contributed by atoms with Crippen molar-refractivity contribution in [3.8, 4) is 0 Å². The average molecular weight is 206 g/mol. The van der Waals surface area contributed by atoms with Crippen LogP contribution in [0.1, 0.15) is 18.4 Å². The van der Waals surface area contributed by atoms with Gasteiger partial charge in [-0.15, -0.1) is 0 Å². The summed E-state index contributed by atoms with van der Waals surface area (Å²) in [5, 5.41) is 3.41. The first-order valence-electron chi connectivity index (χ1n) is 5.57. The Labute approximate surface area is 90.8 Å². The van der Waals surface area contributed by atoms with E-state index in [0.29, 0.717) is 12.6 Å². The van der Waals surface area contributed by atoms with Crippen LogP contribution in [0.4, 0.5) is 0 Å². The Morgan fingerprint density at radius 2 is 2.20 bits per heavy atom. The maximum Gasteiger partial charge on any atom is 0.0933 e. The zero-order valence-corrected chi connectivity index (χ0v) is 8.91. The van der Waals surface area contributed by atoms with Gasteiger partial charge >= 0.3 is 0 Å². The van der Waals surface area contributed by atoms with Crippen LogP contribution in [0.15, 0.2) is 30.3 Å². The van der Waals surface area contributed by atoms with Gasteiger partial charge in [0.05, 0.1) is 6.61 Å². The molecule has 0 bridgehead atoms. The summed E-state index contributed by atoms with van der Waals surface area (Å²) in [5.41, 5.74) is 4.21. The Kier molecular flexibility index (Phi) is 4.14. The number of hydrogen-bond donors (Lipinski definition) is 2. The standard InChI is InChI=1S/C12H18N2O/c1-2-5-11(6-3-1)10-15-14-9-12-7-4-8-13-12/h1-3,5-6,12-14H,4,7-10H2. The van der Waals surface area contributed by atoms with Gasteiger partial charge in [0.2, 0.25) is 0 Å². The summed E-state index contributed by atoms with van der Waals surface area (Å²) in [6.07, 6.45) is 2.53. The second kappa shape index (κ2) is 5.85. The van der Waals surface area contributed by atoms with E-state index in [1.807, 2.05) is 18.2 Å². The minimum Gasteiger partial charge on any atom is -0.313 e. The third-order valence-corrected chi connectivity index (χ3v) is 2.68. The van der Waals surface area contributed by atoms with Crippen LogP contribution >= 0.6 is 0 Å². The predicted octanol–water partition coefficient (Wildman–Crippen LogP) is 1.46. The molecule has 0 spiro atoms. The molecule has 1 aliphatic rings. The molecule has 0 amide bonds. The molecular weight excluding hydrogens is 188 g/mol. The summed E-state index contributed by atoms with van der Waals surface area (Å²) in [4.78, 5) is 5.39. The van der Waals surface area contributed by atoms with Gasteiger partial charge in [-0.3, -0.25) is 4.84 Å². The lowest BCUT2D eigenvalue weighted by Crippen LogP contribution is -2.33. The monoisotopic (exact) mass is 206 g/mol. The lowest BCUT2D eigenvalue weighted by atomic mass is 10.2. The van der Waals surface area contributed by atoms with E-state index < -0.39 is 0 Å². The highest BCUT2D eigenvalue weighted by Crippen LogP contribution is 2.03. The SMILES string of the molecule is c1ccc(CONCC2CCCN2)cc1. The third kappa shape index (κ3) is 3.63. The van der Waals surface area contributed by atoms with E-state index in [4.69, 9.17) is 4.84 Å². The van der Waals surface area contributed by atoms with Crippen LogP contribution in [-0.4, -0.2) is 19.1 Å². The molecule has 1 unspecified atom stereocenters. The van der Waals surface area contributed by atoms with E-state index in [0.717, 1.165) is 13.1 Å². The van der Waals surface area contributed by atoms with Crippen LogP contribution in [0.25, 0.3) is 0 Å². The van der Waals surface area contributed by atoms with E-state index in [9.17, 15) is 0 Å². The molecule has 1 fully saturated rings. The Hall–Kier alpha value is -0.900. The third-order valence-electron chi connectivity index (χ3n) is 2.68. The van der Waals surface area contributed by atoms with Crippen molar-refractivity contribution < 1.29 is 4.84 Å². The van der Waals surface area contributed by atoms with Crippen molar-refractivity contribution in [2.45, 2.75) is 25.5 Å². The molecule has 1 atom stereocenters. The molecule has 1 aliphatic heterocycles. The summed E-state index contributed by atoms with van der Waals surface area (Å²) < 4.78 is 0. The van der Waals surface area contributed by atoms with Gasteiger partial charge in [-0.25, -0.2) is 5.48 Å². The van der Waals surface area contributed by atoms with Crippen LogP contribution < -0.4 is 10.8 Å². The molecule has 3 nitrogen and oxygen atoms in total.